The van der Waals surface area contributed by atoms with Crippen LogP contribution in [0.4, 0.5) is 4.79 Å². The van der Waals surface area contributed by atoms with Gasteiger partial charge in [-0.2, -0.15) is 0 Å². The summed E-state index contributed by atoms with van der Waals surface area (Å²) < 4.78 is 0. The Hall–Kier alpha value is -2.03. The molecule has 0 bridgehead atoms. The van der Waals surface area contributed by atoms with Crippen LogP contribution in [0.5, 0.6) is 0 Å². The van der Waals surface area contributed by atoms with Gasteiger partial charge in [0.25, 0.3) is 0 Å². The van der Waals surface area contributed by atoms with E-state index in [2.05, 4.69) is 6.07 Å². The predicted molar refractivity (Wildman–Crippen MR) is 99.0 cm³/mol. The summed E-state index contributed by atoms with van der Waals surface area (Å²) in [5.41, 5.74) is 0. The van der Waals surface area contributed by atoms with Crippen molar-refractivity contribution in [3.05, 3.63) is 44.8 Å². The average molecular weight is 391 g/mol. The van der Waals surface area contributed by atoms with Crippen LogP contribution in [0.3, 0.4) is 0 Å². The lowest BCUT2D eigenvalue weighted by molar-refractivity contribution is -0.925. The highest BCUT2D eigenvalue weighted by Crippen LogP contribution is 2.24. The van der Waals surface area contributed by atoms with Crippen LogP contribution in [0.1, 0.15) is 28.6 Å². The van der Waals surface area contributed by atoms with Crippen molar-refractivity contribution >= 4 is 40.5 Å². The monoisotopic (exact) mass is 390 g/mol. The number of hydrogen-bond donors (Lipinski definition) is 1. The molecule has 2 aliphatic heterocycles. The number of carbonyl (C=O) groups excluding carboxylic acids is 3. The zero-order valence-corrected chi connectivity index (χ0v) is 15.9. The highest BCUT2D eigenvalue weighted by Gasteiger charge is 2.47. The van der Waals surface area contributed by atoms with E-state index in [4.69, 9.17) is 0 Å². The molecule has 0 spiro atoms. The number of amides is 4. The molecular weight excluding hydrogens is 370 g/mol. The second-order valence-corrected chi connectivity index (χ2v) is 8.59. The van der Waals surface area contributed by atoms with Gasteiger partial charge in [-0.1, -0.05) is 12.1 Å². The number of likely N-dealkylation sites (tertiary alicyclic amines) is 1. The van der Waals surface area contributed by atoms with Crippen LogP contribution < -0.4 is 4.90 Å². The highest BCUT2D eigenvalue weighted by atomic mass is 32.1. The van der Waals surface area contributed by atoms with Crippen molar-refractivity contribution in [3.8, 4) is 0 Å². The zero-order valence-electron chi connectivity index (χ0n) is 14.2. The van der Waals surface area contributed by atoms with Gasteiger partial charge >= 0.3 is 17.8 Å². The molecule has 2 aliphatic rings. The van der Waals surface area contributed by atoms with Crippen molar-refractivity contribution in [2.45, 2.75) is 25.3 Å². The molecule has 2 atom stereocenters. The Morgan fingerprint density at radius 3 is 2.54 bits per heavy atom. The third-order valence-electron chi connectivity index (χ3n) is 5.03. The summed E-state index contributed by atoms with van der Waals surface area (Å²) in [6, 6.07) is 7.86. The average Bonchev–Trinajstić information content (AvgIpc) is 3.41. The van der Waals surface area contributed by atoms with Crippen LogP contribution in [0.15, 0.2) is 35.0 Å². The molecule has 4 heterocycles. The molecule has 1 N–H and O–H groups in total. The Labute approximate surface area is 159 Å². The number of urea groups is 1. The van der Waals surface area contributed by atoms with E-state index in [9.17, 15) is 14.4 Å². The van der Waals surface area contributed by atoms with Crippen LogP contribution in [0, 0.1) is 0 Å². The van der Waals surface area contributed by atoms with E-state index >= 15 is 0 Å². The first kappa shape index (κ1) is 17.4. The topological polar surface area (TPSA) is 62.1 Å². The smallest absolute Gasteiger partial charge is 0.310 e. The third-order valence-corrected chi connectivity index (χ3v) is 6.95. The molecule has 0 saturated carbocycles. The fraction of sp³-hybridized carbons (Fsp3) is 0.389. The van der Waals surface area contributed by atoms with Crippen LogP contribution in [0.25, 0.3) is 0 Å². The molecule has 2 aromatic rings. The van der Waals surface area contributed by atoms with Crippen molar-refractivity contribution in [3.63, 3.8) is 0 Å². The molecule has 0 aliphatic carbocycles. The van der Waals surface area contributed by atoms with Gasteiger partial charge in [0.2, 0.25) is 0 Å². The summed E-state index contributed by atoms with van der Waals surface area (Å²) in [6.45, 7) is 1.43. The number of quaternary nitrogens is 1. The maximum atomic E-state index is 12.7. The molecule has 2 aromatic heterocycles. The van der Waals surface area contributed by atoms with E-state index in [-0.39, 0.29) is 13.2 Å². The minimum atomic E-state index is -0.696. The Kier molecular flexibility index (Phi) is 4.88. The summed E-state index contributed by atoms with van der Waals surface area (Å²) in [7, 11) is 0. The molecule has 26 heavy (non-hydrogen) atoms. The number of carbonyl (C=O) groups is 3. The minimum absolute atomic E-state index is 0.254. The van der Waals surface area contributed by atoms with Crippen LogP contribution in [-0.4, -0.2) is 47.4 Å². The predicted octanol–water partition coefficient (Wildman–Crippen LogP) is 1.52. The maximum absolute atomic E-state index is 12.7. The lowest BCUT2D eigenvalue weighted by Crippen LogP contribution is -3.12. The Balaban J connectivity index is 1.44. The summed E-state index contributed by atoms with van der Waals surface area (Å²) in [4.78, 5) is 43.1. The number of imide groups is 2. The molecule has 8 heteroatoms. The Bertz CT molecular complexity index is 804. The van der Waals surface area contributed by atoms with Gasteiger partial charge in [-0.3, -0.25) is 14.5 Å². The van der Waals surface area contributed by atoms with E-state index in [1.54, 1.807) is 22.7 Å². The number of hydrogen-bond acceptors (Lipinski definition) is 5. The summed E-state index contributed by atoms with van der Waals surface area (Å²) in [5, 5.41) is 4.01. The SMILES string of the molecule is O=C1C(=O)N(C[NH+]2CCC[C@H]2c2cccs2)C(=O)N1CCc1cccs1. The van der Waals surface area contributed by atoms with Crippen LogP contribution >= 0.6 is 22.7 Å². The lowest BCUT2D eigenvalue weighted by atomic mass is 10.2. The van der Waals surface area contributed by atoms with Gasteiger partial charge in [0.05, 0.1) is 11.4 Å². The lowest BCUT2D eigenvalue weighted by Gasteiger charge is -2.24. The van der Waals surface area contributed by atoms with E-state index in [0.29, 0.717) is 12.5 Å². The maximum Gasteiger partial charge on any atom is 0.338 e. The fourth-order valence-electron chi connectivity index (χ4n) is 3.70. The molecule has 2 fully saturated rings. The van der Waals surface area contributed by atoms with E-state index < -0.39 is 17.8 Å². The number of nitrogens with one attached hydrogen (secondary N) is 1. The molecule has 1 unspecified atom stereocenters. The van der Waals surface area contributed by atoms with Crippen molar-refractivity contribution in [1.29, 1.82) is 0 Å². The van der Waals surface area contributed by atoms with Crippen molar-refractivity contribution in [2.24, 2.45) is 0 Å². The Morgan fingerprint density at radius 1 is 1.04 bits per heavy atom. The second kappa shape index (κ2) is 7.30. The molecule has 0 aromatic carbocycles. The first-order valence-electron chi connectivity index (χ1n) is 8.73. The molecule has 0 radical (unpaired) electrons. The van der Waals surface area contributed by atoms with Crippen LogP contribution in [-0.2, 0) is 16.0 Å². The van der Waals surface area contributed by atoms with E-state index in [1.807, 2.05) is 29.0 Å². The van der Waals surface area contributed by atoms with Gasteiger partial charge in [0, 0.05) is 30.7 Å². The molecule has 136 valence electrons. The van der Waals surface area contributed by atoms with Gasteiger partial charge < -0.3 is 4.90 Å². The molecule has 4 amide bonds. The fourth-order valence-corrected chi connectivity index (χ4v) is 5.32. The first-order chi connectivity index (χ1) is 12.6. The highest BCUT2D eigenvalue weighted by molar-refractivity contribution is 7.10. The summed E-state index contributed by atoms with van der Waals surface area (Å²) in [6.07, 6.45) is 2.69. The number of rotatable bonds is 6. The van der Waals surface area contributed by atoms with Crippen LogP contribution in [0.2, 0.25) is 0 Å². The molecule has 4 rings (SSSR count). The van der Waals surface area contributed by atoms with Crippen molar-refractivity contribution < 1.29 is 19.3 Å². The van der Waals surface area contributed by atoms with E-state index in [0.717, 1.165) is 34.1 Å². The normalized spacial score (nSPS) is 23.5. The first-order valence-corrected chi connectivity index (χ1v) is 10.5. The second-order valence-electron chi connectivity index (χ2n) is 6.58. The summed E-state index contributed by atoms with van der Waals surface area (Å²) >= 11 is 3.29. The third kappa shape index (κ3) is 3.20. The molecule has 6 nitrogen and oxygen atoms in total. The van der Waals surface area contributed by atoms with Crippen molar-refractivity contribution in [1.82, 2.24) is 9.80 Å². The number of nitrogens with zero attached hydrogens (tertiary/aromatic N) is 2. The standard InChI is InChI=1S/C18H19N3O3S2/c22-16-17(23)21(18(24)20(16)9-7-13-4-2-10-25-13)12-19-8-1-5-14(19)15-6-3-11-26-15/h2-4,6,10-11,14H,1,5,7-9,12H2/p+1/t14-/m0/s1. The molecular formula is C18H20N3O3S2+. The minimum Gasteiger partial charge on any atom is -0.310 e. The summed E-state index contributed by atoms with van der Waals surface area (Å²) in [5.74, 6) is -1.39. The quantitative estimate of drug-likeness (QED) is 0.601. The van der Waals surface area contributed by atoms with Gasteiger partial charge in [-0.05, 0) is 22.9 Å². The van der Waals surface area contributed by atoms with Gasteiger partial charge in [0.15, 0.2) is 6.67 Å². The Morgan fingerprint density at radius 2 is 1.81 bits per heavy atom. The number of thiophene rings is 2. The molecule has 2 saturated heterocycles. The van der Waals surface area contributed by atoms with Gasteiger partial charge in [-0.25, -0.2) is 9.69 Å². The van der Waals surface area contributed by atoms with Gasteiger partial charge in [0.1, 0.15) is 6.04 Å². The van der Waals surface area contributed by atoms with Crippen molar-refractivity contribution in [2.75, 3.05) is 19.8 Å². The van der Waals surface area contributed by atoms with E-state index in [1.165, 1.54) is 9.78 Å². The largest absolute Gasteiger partial charge is 0.338 e. The zero-order chi connectivity index (χ0) is 18.1. The van der Waals surface area contributed by atoms with Gasteiger partial charge in [-0.15, -0.1) is 22.7 Å².